The second kappa shape index (κ2) is 5.77. The number of nitrogens with two attached hydrogens (primary N) is 1. The first-order valence-electron chi connectivity index (χ1n) is 5.71. The molecule has 0 saturated carbocycles. The molecule has 0 aliphatic carbocycles. The molecule has 0 unspecified atom stereocenters. The zero-order valence-electron chi connectivity index (χ0n) is 10.2. The lowest BCUT2D eigenvalue weighted by Crippen LogP contribution is -2.13. The molecule has 19 heavy (non-hydrogen) atoms. The maximum atomic E-state index is 11.5. The van der Waals surface area contributed by atoms with Gasteiger partial charge >= 0.3 is 6.09 Å². The van der Waals surface area contributed by atoms with Crippen LogP contribution in [-0.4, -0.2) is 11.2 Å². The minimum Gasteiger partial charge on any atom is -0.506 e. The minimum atomic E-state index is -0.635. The van der Waals surface area contributed by atoms with Gasteiger partial charge in [0.1, 0.15) is 12.4 Å². The largest absolute Gasteiger partial charge is 0.506 e. The van der Waals surface area contributed by atoms with E-state index in [-0.39, 0.29) is 18.0 Å². The van der Waals surface area contributed by atoms with Crippen LogP contribution in [0.4, 0.5) is 16.2 Å². The first kappa shape index (κ1) is 12.8. The van der Waals surface area contributed by atoms with Gasteiger partial charge in [0.15, 0.2) is 0 Å². The van der Waals surface area contributed by atoms with Crippen LogP contribution < -0.4 is 11.1 Å². The number of phenolic OH excluding ortho intramolecular Hbond substituents is 1. The Labute approximate surface area is 110 Å². The number of hydrogen-bond acceptors (Lipinski definition) is 4. The molecule has 2 rings (SSSR count). The summed E-state index contributed by atoms with van der Waals surface area (Å²) in [6.07, 6.45) is -0.635. The Morgan fingerprint density at radius 2 is 1.95 bits per heavy atom. The zero-order chi connectivity index (χ0) is 13.7. The van der Waals surface area contributed by atoms with Crippen LogP contribution in [0.1, 0.15) is 5.56 Å². The van der Waals surface area contributed by atoms with E-state index >= 15 is 0 Å². The molecule has 1 amide bonds. The van der Waals surface area contributed by atoms with Crippen molar-refractivity contribution in [2.45, 2.75) is 6.61 Å². The molecule has 5 heteroatoms. The molecule has 0 atom stereocenters. The normalized spacial score (nSPS) is 9.89. The van der Waals surface area contributed by atoms with Crippen molar-refractivity contribution in [1.82, 2.24) is 0 Å². The van der Waals surface area contributed by atoms with Gasteiger partial charge in [-0.25, -0.2) is 4.79 Å². The van der Waals surface area contributed by atoms with E-state index in [0.717, 1.165) is 5.56 Å². The molecule has 0 spiro atoms. The highest BCUT2D eigenvalue weighted by molar-refractivity contribution is 5.87. The molecule has 0 bridgehead atoms. The van der Waals surface area contributed by atoms with E-state index in [1.54, 1.807) is 6.07 Å². The number of hydrogen-bond donors (Lipinski definition) is 3. The topological polar surface area (TPSA) is 84.6 Å². The van der Waals surface area contributed by atoms with E-state index in [2.05, 4.69) is 5.32 Å². The van der Waals surface area contributed by atoms with Crippen LogP contribution in [0, 0.1) is 0 Å². The maximum absolute atomic E-state index is 11.5. The van der Waals surface area contributed by atoms with E-state index in [0.29, 0.717) is 5.69 Å². The summed E-state index contributed by atoms with van der Waals surface area (Å²) in [5.41, 5.74) is 7.05. The van der Waals surface area contributed by atoms with Crippen molar-refractivity contribution in [3.05, 3.63) is 54.1 Å². The van der Waals surface area contributed by atoms with Gasteiger partial charge in [0.25, 0.3) is 0 Å². The molecular weight excluding hydrogens is 244 g/mol. The van der Waals surface area contributed by atoms with Crippen LogP contribution in [-0.2, 0) is 11.3 Å². The van der Waals surface area contributed by atoms with Gasteiger partial charge in [-0.15, -0.1) is 0 Å². The van der Waals surface area contributed by atoms with Crippen LogP contribution in [0.2, 0.25) is 0 Å². The molecule has 0 aliphatic heterocycles. The summed E-state index contributed by atoms with van der Waals surface area (Å²) in [5, 5.41) is 12.0. The summed E-state index contributed by atoms with van der Waals surface area (Å²) in [4.78, 5) is 11.5. The van der Waals surface area contributed by atoms with E-state index in [9.17, 15) is 9.90 Å². The highest BCUT2D eigenvalue weighted by atomic mass is 16.5. The van der Waals surface area contributed by atoms with Gasteiger partial charge in [0.2, 0.25) is 0 Å². The second-order valence-corrected chi connectivity index (χ2v) is 3.96. The number of carbonyl (C=O) groups excluding carboxylic acids is 1. The van der Waals surface area contributed by atoms with Crippen molar-refractivity contribution in [3.8, 4) is 5.75 Å². The Bertz CT molecular complexity index is 570. The van der Waals surface area contributed by atoms with Crippen molar-refractivity contribution in [2.24, 2.45) is 0 Å². The molecule has 0 heterocycles. The molecule has 0 saturated heterocycles. The third-order valence-electron chi connectivity index (χ3n) is 2.47. The standard InChI is InChI=1S/C14H14N2O3/c15-11-6-7-12(13(17)8-11)16-14(18)19-9-10-4-2-1-3-5-10/h1-8,17H,9,15H2,(H,16,18). The quantitative estimate of drug-likeness (QED) is 0.583. The number of nitrogen functional groups attached to an aromatic ring is 1. The molecule has 5 nitrogen and oxygen atoms in total. The number of amides is 1. The zero-order valence-corrected chi connectivity index (χ0v) is 10.2. The van der Waals surface area contributed by atoms with Crippen LogP contribution in [0.25, 0.3) is 0 Å². The average molecular weight is 258 g/mol. The minimum absolute atomic E-state index is 0.100. The fraction of sp³-hybridized carbons (Fsp3) is 0.0714. The van der Waals surface area contributed by atoms with Crippen LogP contribution in [0.5, 0.6) is 5.75 Å². The van der Waals surface area contributed by atoms with Crippen LogP contribution in [0.3, 0.4) is 0 Å². The first-order chi connectivity index (χ1) is 9.15. The molecular formula is C14H14N2O3. The molecule has 0 aliphatic rings. The van der Waals surface area contributed by atoms with E-state index in [1.165, 1.54) is 12.1 Å². The molecule has 4 N–H and O–H groups in total. The van der Waals surface area contributed by atoms with Crippen molar-refractivity contribution in [1.29, 1.82) is 0 Å². The van der Waals surface area contributed by atoms with Crippen LogP contribution >= 0.6 is 0 Å². The Morgan fingerprint density at radius 3 is 2.63 bits per heavy atom. The van der Waals surface area contributed by atoms with E-state index in [4.69, 9.17) is 10.5 Å². The molecule has 0 fully saturated rings. The Kier molecular flexibility index (Phi) is 3.87. The first-order valence-corrected chi connectivity index (χ1v) is 5.71. The Morgan fingerprint density at radius 1 is 1.21 bits per heavy atom. The third kappa shape index (κ3) is 3.64. The predicted octanol–water partition coefficient (Wildman–Crippen LogP) is 2.72. The van der Waals surface area contributed by atoms with Gasteiger partial charge < -0.3 is 15.6 Å². The monoisotopic (exact) mass is 258 g/mol. The fourth-order valence-electron chi connectivity index (χ4n) is 1.52. The summed E-state index contributed by atoms with van der Waals surface area (Å²) in [7, 11) is 0. The molecule has 98 valence electrons. The third-order valence-corrected chi connectivity index (χ3v) is 2.47. The number of carbonyl (C=O) groups is 1. The average Bonchev–Trinajstić information content (AvgIpc) is 2.41. The lowest BCUT2D eigenvalue weighted by atomic mass is 10.2. The highest BCUT2D eigenvalue weighted by Gasteiger charge is 2.07. The van der Waals surface area contributed by atoms with Crippen molar-refractivity contribution in [2.75, 3.05) is 11.1 Å². The molecule has 0 radical (unpaired) electrons. The molecule has 2 aromatic carbocycles. The van der Waals surface area contributed by atoms with E-state index in [1.807, 2.05) is 30.3 Å². The lowest BCUT2D eigenvalue weighted by Gasteiger charge is -2.08. The summed E-state index contributed by atoms with van der Waals surface area (Å²) in [5.74, 6) is -0.100. The number of phenols is 1. The van der Waals surface area contributed by atoms with Gasteiger partial charge in [-0.1, -0.05) is 30.3 Å². The summed E-state index contributed by atoms with van der Waals surface area (Å²) in [6.45, 7) is 0.169. The van der Waals surface area contributed by atoms with Gasteiger partial charge in [-0.3, -0.25) is 5.32 Å². The summed E-state index contributed by atoms with van der Waals surface area (Å²) < 4.78 is 5.02. The highest BCUT2D eigenvalue weighted by Crippen LogP contribution is 2.25. The summed E-state index contributed by atoms with van der Waals surface area (Å²) in [6, 6.07) is 13.8. The fourth-order valence-corrected chi connectivity index (χ4v) is 1.52. The Balaban J connectivity index is 1.91. The van der Waals surface area contributed by atoms with E-state index < -0.39 is 6.09 Å². The number of rotatable bonds is 3. The lowest BCUT2D eigenvalue weighted by molar-refractivity contribution is 0.155. The maximum Gasteiger partial charge on any atom is 0.412 e. The number of nitrogens with one attached hydrogen (secondary N) is 1. The van der Waals surface area contributed by atoms with Crippen molar-refractivity contribution in [3.63, 3.8) is 0 Å². The van der Waals surface area contributed by atoms with Gasteiger partial charge in [-0.05, 0) is 17.7 Å². The Hall–Kier alpha value is -2.69. The molecule has 2 aromatic rings. The van der Waals surface area contributed by atoms with Crippen molar-refractivity contribution < 1.29 is 14.6 Å². The van der Waals surface area contributed by atoms with Crippen LogP contribution in [0.15, 0.2) is 48.5 Å². The van der Waals surface area contributed by atoms with Crippen molar-refractivity contribution >= 4 is 17.5 Å². The van der Waals surface area contributed by atoms with Gasteiger partial charge in [0, 0.05) is 11.8 Å². The smallest absolute Gasteiger partial charge is 0.412 e. The van der Waals surface area contributed by atoms with Gasteiger partial charge in [-0.2, -0.15) is 0 Å². The summed E-state index contributed by atoms with van der Waals surface area (Å²) >= 11 is 0. The number of anilines is 2. The predicted molar refractivity (Wildman–Crippen MR) is 72.8 cm³/mol. The number of aromatic hydroxyl groups is 1. The van der Waals surface area contributed by atoms with Gasteiger partial charge in [0.05, 0.1) is 5.69 Å². The second-order valence-electron chi connectivity index (χ2n) is 3.96. The SMILES string of the molecule is Nc1ccc(NC(=O)OCc2ccccc2)c(O)c1. The molecule has 0 aromatic heterocycles. The number of benzene rings is 2. The number of ether oxygens (including phenoxy) is 1.